The molecule has 0 fully saturated rings. The zero-order chi connectivity index (χ0) is 15.2. The monoisotopic (exact) mass is 303 g/mol. The van der Waals surface area contributed by atoms with E-state index in [1.54, 1.807) is 19.1 Å². The van der Waals surface area contributed by atoms with Gasteiger partial charge in [0.1, 0.15) is 5.75 Å². The number of hydrogen-bond donors (Lipinski definition) is 1. The van der Waals surface area contributed by atoms with Crippen LogP contribution in [0, 0.1) is 0 Å². The van der Waals surface area contributed by atoms with Crippen molar-refractivity contribution >= 4 is 23.2 Å². The topological polar surface area (TPSA) is 38.3 Å². The van der Waals surface area contributed by atoms with Crippen molar-refractivity contribution in [1.29, 1.82) is 0 Å². The number of hydrogen-bond acceptors (Lipinski definition) is 2. The molecule has 0 spiro atoms. The summed E-state index contributed by atoms with van der Waals surface area (Å²) < 4.78 is 5.68. The number of carbonyl (C=O) groups is 1. The van der Waals surface area contributed by atoms with Gasteiger partial charge in [0.2, 0.25) is 0 Å². The minimum absolute atomic E-state index is 0.186. The molecule has 0 radical (unpaired) electrons. The van der Waals surface area contributed by atoms with Crippen molar-refractivity contribution in [2.24, 2.45) is 0 Å². The van der Waals surface area contributed by atoms with E-state index in [4.69, 9.17) is 16.3 Å². The predicted molar refractivity (Wildman–Crippen MR) is 86.0 cm³/mol. The van der Waals surface area contributed by atoms with Gasteiger partial charge in [0, 0.05) is 10.7 Å². The Hall–Kier alpha value is -2.00. The first-order valence-corrected chi connectivity index (χ1v) is 7.29. The molecule has 0 saturated carbocycles. The molecule has 4 heteroatoms. The molecular formula is C17H18ClNO2. The average Bonchev–Trinajstić information content (AvgIpc) is 2.50. The Balaban J connectivity index is 2.00. The molecule has 0 saturated heterocycles. The van der Waals surface area contributed by atoms with Gasteiger partial charge in [-0.05, 0) is 49.2 Å². The number of rotatable bonds is 5. The summed E-state index contributed by atoms with van der Waals surface area (Å²) in [5.74, 6) is 0.459. The molecule has 1 amide bonds. The summed E-state index contributed by atoms with van der Waals surface area (Å²) in [4.78, 5) is 12.1. The maximum absolute atomic E-state index is 12.1. The van der Waals surface area contributed by atoms with Crippen LogP contribution in [0.25, 0.3) is 0 Å². The third kappa shape index (κ3) is 4.23. The molecule has 1 N–H and O–H groups in total. The number of benzene rings is 2. The summed E-state index contributed by atoms with van der Waals surface area (Å²) in [6, 6.07) is 14.7. The average molecular weight is 304 g/mol. The lowest BCUT2D eigenvalue weighted by molar-refractivity contribution is -0.122. The number of anilines is 1. The van der Waals surface area contributed by atoms with Crippen molar-refractivity contribution in [3.8, 4) is 5.75 Å². The van der Waals surface area contributed by atoms with Crippen LogP contribution < -0.4 is 10.1 Å². The Bertz CT molecular complexity index is 613. The number of ether oxygens (including phenoxy) is 1. The van der Waals surface area contributed by atoms with Gasteiger partial charge in [-0.3, -0.25) is 4.79 Å². The molecule has 0 bridgehead atoms. The van der Waals surface area contributed by atoms with E-state index in [-0.39, 0.29) is 5.91 Å². The summed E-state index contributed by atoms with van der Waals surface area (Å²) in [5, 5.41) is 3.53. The lowest BCUT2D eigenvalue weighted by atomic mass is 10.1. The molecule has 2 rings (SSSR count). The summed E-state index contributed by atoms with van der Waals surface area (Å²) in [7, 11) is 0. The minimum Gasteiger partial charge on any atom is -0.481 e. The SMILES string of the molecule is CCc1cc(OC(C)C(=O)Nc2ccccc2)ccc1Cl. The van der Waals surface area contributed by atoms with Gasteiger partial charge < -0.3 is 10.1 Å². The third-order valence-corrected chi connectivity index (χ3v) is 3.49. The van der Waals surface area contributed by atoms with Crippen LogP contribution in [0.5, 0.6) is 5.75 Å². The van der Waals surface area contributed by atoms with E-state index < -0.39 is 6.10 Å². The summed E-state index contributed by atoms with van der Waals surface area (Å²) in [5.41, 5.74) is 1.76. The van der Waals surface area contributed by atoms with E-state index in [1.807, 2.05) is 43.3 Å². The van der Waals surface area contributed by atoms with Crippen LogP contribution in [0.15, 0.2) is 48.5 Å². The highest BCUT2D eigenvalue weighted by Crippen LogP contribution is 2.23. The van der Waals surface area contributed by atoms with Gasteiger partial charge in [-0.25, -0.2) is 0 Å². The molecule has 0 aromatic heterocycles. The van der Waals surface area contributed by atoms with E-state index in [2.05, 4.69) is 5.32 Å². The normalized spacial score (nSPS) is 11.8. The van der Waals surface area contributed by atoms with Crippen LogP contribution in [0.2, 0.25) is 5.02 Å². The predicted octanol–water partition coefficient (Wildman–Crippen LogP) is 4.31. The molecule has 2 aromatic carbocycles. The van der Waals surface area contributed by atoms with E-state index in [0.29, 0.717) is 10.8 Å². The Morgan fingerprint density at radius 2 is 1.95 bits per heavy atom. The number of aryl methyl sites for hydroxylation is 1. The fourth-order valence-electron chi connectivity index (χ4n) is 1.92. The molecule has 3 nitrogen and oxygen atoms in total. The highest BCUT2D eigenvalue weighted by molar-refractivity contribution is 6.31. The standard InChI is InChI=1S/C17H18ClNO2/c1-3-13-11-15(9-10-16(13)18)21-12(2)17(20)19-14-7-5-4-6-8-14/h4-12H,3H2,1-2H3,(H,19,20). The smallest absolute Gasteiger partial charge is 0.265 e. The number of carbonyl (C=O) groups excluding carboxylic acids is 1. The fraction of sp³-hybridized carbons (Fsp3) is 0.235. The van der Waals surface area contributed by atoms with Gasteiger partial charge in [0.05, 0.1) is 0 Å². The van der Waals surface area contributed by atoms with Crippen molar-refractivity contribution in [2.75, 3.05) is 5.32 Å². The maximum Gasteiger partial charge on any atom is 0.265 e. The largest absolute Gasteiger partial charge is 0.481 e. The number of halogens is 1. The summed E-state index contributed by atoms with van der Waals surface area (Å²) >= 11 is 6.07. The van der Waals surface area contributed by atoms with Crippen LogP contribution in [-0.4, -0.2) is 12.0 Å². The Kier molecular flexibility index (Phi) is 5.23. The van der Waals surface area contributed by atoms with E-state index in [9.17, 15) is 4.79 Å². The second-order valence-electron chi connectivity index (χ2n) is 4.72. The minimum atomic E-state index is -0.587. The molecule has 1 atom stereocenters. The van der Waals surface area contributed by atoms with Crippen molar-refractivity contribution in [2.45, 2.75) is 26.4 Å². The van der Waals surface area contributed by atoms with Crippen molar-refractivity contribution < 1.29 is 9.53 Å². The molecule has 0 aliphatic rings. The highest BCUT2D eigenvalue weighted by atomic mass is 35.5. The van der Waals surface area contributed by atoms with E-state index in [1.165, 1.54) is 0 Å². The van der Waals surface area contributed by atoms with E-state index in [0.717, 1.165) is 17.7 Å². The van der Waals surface area contributed by atoms with Gasteiger partial charge in [-0.1, -0.05) is 36.7 Å². The second-order valence-corrected chi connectivity index (χ2v) is 5.13. The van der Waals surface area contributed by atoms with Crippen molar-refractivity contribution in [1.82, 2.24) is 0 Å². The van der Waals surface area contributed by atoms with Crippen molar-refractivity contribution in [3.63, 3.8) is 0 Å². The zero-order valence-corrected chi connectivity index (χ0v) is 12.9. The molecule has 0 aliphatic carbocycles. The first kappa shape index (κ1) is 15.4. The number of para-hydroxylation sites is 1. The van der Waals surface area contributed by atoms with Crippen LogP contribution >= 0.6 is 11.6 Å². The molecule has 1 unspecified atom stereocenters. The second kappa shape index (κ2) is 7.14. The quantitative estimate of drug-likeness (QED) is 0.894. The Morgan fingerprint density at radius 3 is 2.62 bits per heavy atom. The lowest BCUT2D eigenvalue weighted by Gasteiger charge is -2.15. The van der Waals surface area contributed by atoms with Crippen LogP contribution in [0.4, 0.5) is 5.69 Å². The fourth-order valence-corrected chi connectivity index (χ4v) is 2.17. The van der Waals surface area contributed by atoms with Gasteiger partial charge in [-0.15, -0.1) is 0 Å². The van der Waals surface area contributed by atoms with Crippen LogP contribution in [-0.2, 0) is 11.2 Å². The first-order valence-electron chi connectivity index (χ1n) is 6.91. The maximum atomic E-state index is 12.1. The first-order chi connectivity index (χ1) is 10.1. The highest BCUT2D eigenvalue weighted by Gasteiger charge is 2.15. The molecular weight excluding hydrogens is 286 g/mol. The van der Waals surface area contributed by atoms with Gasteiger partial charge in [0.15, 0.2) is 6.10 Å². The molecule has 0 aliphatic heterocycles. The number of nitrogens with one attached hydrogen (secondary N) is 1. The zero-order valence-electron chi connectivity index (χ0n) is 12.1. The molecule has 0 heterocycles. The lowest BCUT2D eigenvalue weighted by Crippen LogP contribution is -2.30. The molecule has 2 aromatic rings. The van der Waals surface area contributed by atoms with Crippen LogP contribution in [0.1, 0.15) is 19.4 Å². The Morgan fingerprint density at radius 1 is 1.24 bits per heavy atom. The summed E-state index contributed by atoms with van der Waals surface area (Å²) in [6.07, 6.45) is 0.233. The van der Waals surface area contributed by atoms with Gasteiger partial charge in [-0.2, -0.15) is 0 Å². The third-order valence-electron chi connectivity index (χ3n) is 3.12. The van der Waals surface area contributed by atoms with E-state index >= 15 is 0 Å². The molecule has 110 valence electrons. The van der Waals surface area contributed by atoms with Gasteiger partial charge in [0.25, 0.3) is 5.91 Å². The molecule has 21 heavy (non-hydrogen) atoms. The Labute approximate surface area is 129 Å². The van der Waals surface area contributed by atoms with Crippen LogP contribution in [0.3, 0.4) is 0 Å². The van der Waals surface area contributed by atoms with Crippen molar-refractivity contribution in [3.05, 3.63) is 59.1 Å². The number of amides is 1. The summed E-state index contributed by atoms with van der Waals surface area (Å²) in [6.45, 7) is 3.75. The van der Waals surface area contributed by atoms with Gasteiger partial charge >= 0.3 is 0 Å².